The Morgan fingerprint density at radius 2 is 1.76 bits per heavy atom. The Balaban J connectivity index is 1.91. The van der Waals surface area contributed by atoms with Crippen LogP contribution in [0.4, 0.5) is 0 Å². The summed E-state index contributed by atoms with van der Waals surface area (Å²) in [7, 11) is 1.64. The predicted molar refractivity (Wildman–Crippen MR) is 118 cm³/mol. The zero-order valence-electron chi connectivity index (χ0n) is 16.6. The average molecular weight is 440 g/mol. The Morgan fingerprint density at radius 3 is 2.38 bits per heavy atom. The monoisotopic (exact) mass is 439 g/mol. The zero-order valence-corrected chi connectivity index (χ0v) is 18.1. The number of halogens is 2. The molecule has 0 aromatic heterocycles. The molecule has 0 bridgehead atoms. The predicted octanol–water partition coefficient (Wildman–Crippen LogP) is 3.81. The van der Waals surface area contributed by atoms with Crippen molar-refractivity contribution in [3.8, 4) is 5.75 Å². The molecule has 2 aromatic rings. The lowest BCUT2D eigenvalue weighted by molar-refractivity contribution is 0.146. The lowest BCUT2D eigenvalue weighted by atomic mass is 10.1. The fourth-order valence-electron chi connectivity index (χ4n) is 2.52. The van der Waals surface area contributed by atoms with Crippen molar-refractivity contribution in [1.29, 1.82) is 0 Å². The molecule has 158 valence electrons. The summed E-state index contributed by atoms with van der Waals surface area (Å²) >= 11 is 12.0. The lowest BCUT2D eigenvalue weighted by Crippen LogP contribution is -2.39. The summed E-state index contributed by atoms with van der Waals surface area (Å²) in [5, 5.41) is 17.7. The van der Waals surface area contributed by atoms with Crippen molar-refractivity contribution in [2.24, 2.45) is 4.99 Å². The summed E-state index contributed by atoms with van der Waals surface area (Å²) in [6, 6.07) is 12.8. The number of aliphatic hydroxyl groups is 1. The zero-order chi connectivity index (χ0) is 21.1. The molecule has 29 heavy (non-hydrogen) atoms. The van der Waals surface area contributed by atoms with E-state index < -0.39 is 6.10 Å². The second-order valence-electron chi connectivity index (χ2n) is 6.28. The van der Waals surface area contributed by atoms with Crippen LogP contribution in [-0.4, -0.2) is 44.5 Å². The third kappa shape index (κ3) is 8.50. The minimum absolute atomic E-state index is 0.273. The first-order valence-electron chi connectivity index (χ1n) is 9.38. The van der Waals surface area contributed by atoms with Gasteiger partial charge < -0.3 is 25.2 Å². The first-order valence-corrected chi connectivity index (χ1v) is 10.1. The van der Waals surface area contributed by atoms with Crippen LogP contribution in [0, 0.1) is 0 Å². The minimum atomic E-state index is -0.765. The van der Waals surface area contributed by atoms with E-state index in [0.717, 1.165) is 11.3 Å². The SMILES string of the molecule is CCNC(=NCc1ccc(OCCOC)cc1)NCC(O)c1cc(Cl)cc(Cl)c1. The Kier molecular flexibility index (Phi) is 10.1. The van der Waals surface area contributed by atoms with E-state index in [1.54, 1.807) is 25.3 Å². The lowest BCUT2D eigenvalue weighted by Gasteiger charge is -2.16. The quantitative estimate of drug-likeness (QED) is 0.298. The van der Waals surface area contributed by atoms with Crippen molar-refractivity contribution >= 4 is 29.2 Å². The van der Waals surface area contributed by atoms with Gasteiger partial charge in [0.25, 0.3) is 0 Å². The summed E-state index contributed by atoms with van der Waals surface area (Å²) in [5.41, 5.74) is 1.69. The van der Waals surface area contributed by atoms with Crippen LogP contribution in [0.25, 0.3) is 0 Å². The standard InChI is InChI=1S/C21H27Cl2N3O3/c1-3-24-21(26-14-20(27)16-10-17(22)12-18(23)11-16)25-13-15-4-6-19(7-5-15)29-9-8-28-2/h4-7,10-12,20,27H,3,8-9,13-14H2,1-2H3,(H2,24,25,26). The third-order valence-electron chi connectivity index (χ3n) is 3.98. The summed E-state index contributed by atoms with van der Waals surface area (Å²) in [5.74, 6) is 1.41. The van der Waals surface area contributed by atoms with Gasteiger partial charge in [0.2, 0.25) is 0 Å². The molecule has 1 unspecified atom stereocenters. The number of guanidine groups is 1. The van der Waals surface area contributed by atoms with Crippen LogP contribution in [0.5, 0.6) is 5.75 Å². The molecule has 2 aromatic carbocycles. The van der Waals surface area contributed by atoms with Crippen LogP contribution in [0.2, 0.25) is 10.0 Å². The molecule has 2 rings (SSSR count). The van der Waals surface area contributed by atoms with Crippen LogP contribution in [0.1, 0.15) is 24.2 Å². The van der Waals surface area contributed by atoms with Gasteiger partial charge in [0, 0.05) is 30.2 Å². The van der Waals surface area contributed by atoms with Crippen molar-refractivity contribution in [1.82, 2.24) is 10.6 Å². The number of ether oxygens (including phenoxy) is 2. The van der Waals surface area contributed by atoms with Gasteiger partial charge in [-0.3, -0.25) is 0 Å². The van der Waals surface area contributed by atoms with Crippen molar-refractivity contribution in [3.63, 3.8) is 0 Å². The summed E-state index contributed by atoms with van der Waals surface area (Å²) in [6.45, 7) is 4.52. The normalized spacial score (nSPS) is 12.5. The molecule has 1 atom stereocenters. The van der Waals surface area contributed by atoms with E-state index in [1.807, 2.05) is 31.2 Å². The largest absolute Gasteiger partial charge is 0.491 e. The Bertz CT molecular complexity index is 765. The van der Waals surface area contributed by atoms with E-state index in [4.69, 9.17) is 32.7 Å². The minimum Gasteiger partial charge on any atom is -0.491 e. The van der Waals surface area contributed by atoms with Crippen molar-refractivity contribution in [2.75, 3.05) is 33.4 Å². The highest BCUT2D eigenvalue weighted by Crippen LogP contribution is 2.23. The van der Waals surface area contributed by atoms with Gasteiger partial charge in [-0.25, -0.2) is 4.99 Å². The Hall–Kier alpha value is -1.99. The van der Waals surface area contributed by atoms with Crippen molar-refractivity contribution < 1.29 is 14.6 Å². The number of rotatable bonds is 10. The molecule has 0 amide bonds. The number of methoxy groups -OCH3 is 1. The van der Waals surface area contributed by atoms with Crippen LogP contribution in [0.3, 0.4) is 0 Å². The molecular weight excluding hydrogens is 413 g/mol. The third-order valence-corrected chi connectivity index (χ3v) is 4.41. The van der Waals surface area contributed by atoms with E-state index in [0.29, 0.717) is 47.9 Å². The Labute approximate surface area is 181 Å². The first-order chi connectivity index (χ1) is 14.0. The highest BCUT2D eigenvalue weighted by molar-refractivity contribution is 6.34. The van der Waals surface area contributed by atoms with Gasteiger partial charge in [-0.1, -0.05) is 35.3 Å². The van der Waals surface area contributed by atoms with Crippen LogP contribution >= 0.6 is 23.2 Å². The van der Waals surface area contributed by atoms with E-state index in [2.05, 4.69) is 15.6 Å². The van der Waals surface area contributed by atoms with Gasteiger partial charge in [0.15, 0.2) is 5.96 Å². The maximum absolute atomic E-state index is 10.4. The first kappa shape index (κ1) is 23.3. The molecule has 6 nitrogen and oxygen atoms in total. The van der Waals surface area contributed by atoms with Crippen molar-refractivity contribution in [3.05, 3.63) is 63.6 Å². The summed E-state index contributed by atoms with van der Waals surface area (Å²) < 4.78 is 10.5. The molecular formula is C21H27Cl2N3O3. The molecule has 8 heteroatoms. The van der Waals surface area contributed by atoms with Crippen molar-refractivity contribution in [2.45, 2.75) is 19.6 Å². The fourth-order valence-corrected chi connectivity index (χ4v) is 3.07. The molecule has 0 aliphatic heterocycles. The maximum atomic E-state index is 10.4. The molecule has 0 aliphatic rings. The van der Waals surface area contributed by atoms with Gasteiger partial charge in [-0.15, -0.1) is 0 Å². The topological polar surface area (TPSA) is 75.1 Å². The van der Waals surface area contributed by atoms with Crippen LogP contribution in [-0.2, 0) is 11.3 Å². The van der Waals surface area contributed by atoms with Gasteiger partial charge >= 0.3 is 0 Å². The number of nitrogens with zero attached hydrogens (tertiary/aromatic N) is 1. The van der Waals surface area contributed by atoms with E-state index >= 15 is 0 Å². The Morgan fingerprint density at radius 1 is 1.07 bits per heavy atom. The maximum Gasteiger partial charge on any atom is 0.191 e. The number of aliphatic imine (C=N–C) groups is 1. The molecule has 0 saturated carbocycles. The molecule has 0 fully saturated rings. The molecule has 0 saturated heterocycles. The fraction of sp³-hybridized carbons (Fsp3) is 0.381. The second kappa shape index (κ2) is 12.5. The van der Waals surface area contributed by atoms with Gasteiger partial charge in [0.05, 0.1) is 19.3 Å². The molecule has 0 aliphatic carbocycles. The smallest absolute Gasteiger partial charge is 0.191 e. The van der Waals surface area contributed by atoms with E-state index in [9.17, 15) is 5.11 Å². The molecule has 0 radical (unpaired) electrons. The number of nitrogens with one attached hydrogen (secondary N) is 2. The second-order valence-corrected chi connectivity index (χ2v) is 7.15. The molecule has 3 N–H and O–H groups in total. The summed E-state index contributed by atoms with van der Waals surface area (Å²) in [4.78, 5) is 4.56. The highest BCUT2D eigenvalue weighted by Gasteiger charge is 2.10. The molecule has 0 heterocycles. The summed E-state index contributed by atoms with van der Waals surface area (Å²) in [6.07, 6.45) is -0.765. The molecule has 0 spiro atoms. The van der Waals surface area contributed by atoms with Gasteiger partial charge in [-0.05, 0) is 48.4 Å². The van der Waals surface area contributed by atoms with E-state index in [1.165, 1.54) is 0 Å². The van der Waals surface area contributed by atoms with Crippen LogP contribution in [0.15, 0.2) is 47.5 Å². The number of aliphatic hydroxyl groups excluding tert-OH is 1. The number of benzene rings is 2. The number of hydrogen-bond donors (Lipinski definition) is 3. The number of hydrogen-bond acceptors (Lipinski definition) is 4. The van der Waals surface area contributed by atoms with Gasteiger partial charge in [0.1, 0.15) is 12.4 Å². The highest BCUT2D eigenvalue weighted by atomic mass is 35.5. The average Bonchev–Trinajstić information content (AvgIpc) is 2.70. The van der Waals surface area contributed by atoms with E-state index in [-0.39, 0.29) is 6.54 Å². The van der Waals surface area contributed by atoms with Crippen LogP contribution < -0.4 is 15.4 Å². The van der Waals surface area contributed by atoms with Gasteiger partial charge in [-0.2, -0.15) is 0 Å².